The maximum atomic E-state index is 11.7. The van der Waals surface area contributed by atoms with E-state index in [0.717, 1.165) is 25.2 Å². The van der Waals surface area contributed by atoms with Crippen molar-refractivity contribution in [3.05, 3.63) is 29.8 Å². The minimum absolute atomic E-state index is 0.0706. The molecule has 0 spiro atoms. The van der Waals surface area contributed by atoms with E-state index in [4.69, 9.17) is 0 Å². The molecule has 19 heavy (non-hydrogen) atoms. The molecule has 0 aliphatic rings. The van der Waals surface area contributed by atoms with Gasteiger partial charge in [-0.25, -0.2) is 0 Å². The highest BCUT2D eigenvalue weighted by atomic mass is 16.1. The van der Waals surface area contributed by atoms with Gasteiger partial charge in [-0.15, -0.1) is 0 Å². The molecule has 0 atom stereocenters. The van der Waals surface area contributed by atoms with Crippen LogP contribution in [0.15, 0.2) is 24.3 Å². The Balaban J connectivity index is 2.28. The molecule has 0 radical (unpaired) electrons. The highest BCUT2D eigenvalue weighted by Crippen LogP contribution is 2.17. The van der Waals surface area contributed by atoms with Crippen LogP contribution in [0.4, 0.5) is 5.69 Å². The molecule has 1 rings (SSSR count). The van der Waals surface area contributed by atoms with Gasteiger partial charge in [-0.1, -0.05) is 39.3 Å². The Labute approximate surface area is 116 Å². The van der Waals surface area contributed by atoms with E-state index in [1.807, 2.05) is 12.1 Å². The normalized spacial score (nSPS) is 10.7. The summed E-state index contributed by atoms with van der Waals surface area (Å²) in [5.74, 6) is 0.591. The average Bonchev–Trinajstić information content (AvgIpc) is 2.39. The molecule has 0 fully saturated rings. The first-order chi connectivity index (χ1) is 9.13. The van der Waals surface area contributed by atoms with Crippen LogP contribution >= 0.6 is 0 Å². The van der Waals surface area contributed by atoms with Gasteiger partial charge in [-0.3, -0.25) is 4.79 Å². The average molecular weight is 262 g/mol. The molecule has 2 N–H and O–H groups in total. The van der Waals surface area contributed by atoms with Crippen molar-refractivity contribution in [1.29, 1.82) is 0 Å². The summed E-state index contributed by atoms with van der Waals surface area (Å²) in [5.41, 5.74) is 2.17. The topological polar surface area (TPSA) is 41.1 Å². The van der Waals surface area contributed by atoms with Crippen molar-refractivity contribution in [2.24, 2.45) is 0 Å². The second kappa shape index (κ2) is 8.70. The van der Waals surface area contributed by atoms with Crippen LogP contribution in [-0.4, -0.2) is 19.0 Å². The fraction of sp³-hybridized carbons (Fsp3) is 0.562. The van der Waals surface area contributed by atoms with Gasteiger partial charge in [-0.2, -0.15) is 0 Å². The van der Waals surface area contributed by atoms with Gasteiger partial charge in [0.1, 0.15) is 0 Å². The smallest absolute Gasteiger partial charge is 0.225 e. The Morgan fingerprint density at radius 2 is 1.84 bits per heavy atom. The Morgan fingerprint density at radius 1 is 1.16 bits per heavy atom. The van der Waals surface area contributed by atoms with Crippen molar-refractivity contribution < 1.29 is 4.79 Å². The predicted octanol–water partition coefficient (Wildman–Crippen LogP) is 3.53. The Kier molecular flexibility index (Phi) is 7.19. The first kappa shape index (κ1) is 15.7. The molecule has 1 aromatic rings. The van der Waals surface area contributed by atoms with Crippen molar-refractivity contribution in [3.8, 4) is 0 Å². The highest BCUT2D eigenvalue weighted by molar-refractivity contribution is 5.90. The number of hydrogen-bond acceptors (Lipinski definition) is 2. The summed E-state index contributed by atoms with van der Waals surface area (Å²) in [5, 5.41) is 6.19. The molecule has 0 heterocycles. The molecular formula is C16H26N2O. The molecule has 0 aromatic heterocycles. The second-order valence-electron chi connectivity index (χ2n) is 5.18. The zero-order valence-electron chi connectivity index (χ0n) is 12.3. The van der Waals surface area contributed by atoms with Crippen molar-refractivity contribution >= 4 is 11.6 Å². The molecule has 0 saturated heterocycles. The van der Waals surface area contributed by atoms with Gasteiger partial charge < -0.3 is 10.6 Å². The molecular weight excluding hydrogens is 236 g/mol. The van der Waals surface area contributed by atoms with Crippen LogP contribution < -0.4 is 10.6 Å². The molecule has 0 bridgehead atoms. The highest BCUT2D eigenvalue weighted by Gasteiger charge is 2.03. The largest absolute Gasteiger partial charge is 0.326 e. The molecule has 3 heteroatoms. The third kappa shape index (κ3) is 6.39. The lowest BCUT2D eigenvalue weighted by Gasteiger charge is -2.08. The minimum atomic E-state index is 0.0706. The van der Waals surface area contributed by atoms with Crippen molar-refractivity contribution in [1.82, 2.24) is 5.32 Å². The number of unbranched alkanes of at least 4 members (excludes halogenated alkanes) is 1. The summed E-state index contributed by atoms with van der Waals surface area (Å²) in [7, 11) is 0. The summed E-state index contributed by atoms with van der Waals surface area (Å²) in [6, 6.07) is 8.08. The van der Waals surface area contributed by atoms with E-state index < -0.39 is 0 Å². The van der Waals surface area contributed by atoms with Crippen LogP contribution in [-0.2, 0) is 4.79 Å². The van der Waals surface area contributed by atoms with Gasteiger partial charge in [0, 0.05) is 18.7 Å². The van der Waals surface area contributed by atoms with Crippen LogP contribution in [0.1, 0.15) is 51.5 Å². The van der Waals surface area contributed by atoms with E-state index in [9.17, 15) is 4.79 Å². The lowest BCUT2D eigenvalue weighted by molar-refractivity contribution is -0.116. The lowest BCUT2D eigenvalue weighted by atomic mass is 10.0. The van der Waals surface area contributed by atoms with E-state index in [2.05, 4.69) is 43.5 Å². The van der Waals surface area contributed by atoms with E-state index in [1.165, 1.54) is 12.0 Å². The number of hydrogen-bond donors (Lipinski definition) is 2. The van der Waals surface area contributed by atoms with Crippen molar-refractivity contribution in [3.63, 3.8) is 0 Å². The van der Waals surface area contributed by atoms with Crippen molar-refractivity contribution in [2.75, 3.05) is 18.4 Å². The van der Waals surface area contributed by atoms with Crippen LogP contribution in [0, 0.1) is 0 Å². The van der Waals surface area contributed by atoms with Crippen molar-refractivity contribution in [2.45, 2.75) is 46.0 Å². The fourth-order valence-corrected chi connectivity index (χ4v) is 1.80. The summed E-state index contributed by atoms with van der Waals surface area (Å²) < 4.78 is 0. The van der Waals surface area contributed by atoms with Gasteiger partial charge in [-0.05, 0) is 36.6 Å². The third-order valence-electron chi connectivity index (χ3n) is 3.10. The zero-order valence-corrected chi connectivity index (χ0v) is 12.3. The van der Waals surface area contributed by atoms with E-state index >= 15 is 0 Å². The van der Waals surface area contributed by atoms with Crippen LogP contribution in [0.25, 0.3) is 0 Å². The SMILES string of the molecule is CCCCNCCC(=O)Nc1ccc(C(C)C)cc1. The molecule has 0 saturated carbocycles. The number of rotatable bonds is 8. The summed E-state index contributed by atoms with van der Waals surface area (Å²) in [6.45, 7) is 8.23. The van der Waals surface area contributed by atoms with Crippen LogP contribution in [0.5, 0.6) is 0 Å². The number of benzene rings is 1. The molecule has 0 aliphatic heterocycles. The maximum absolute atomic E-state index is 11.7. The number of carbonyl (C=O) groups excluding carboxylic acids is 1. The molecule has 1 amide bonds. The summed E-state index contributed by atoms with van der Waals surface area (Å²) in [6.07, 6.45) is 2.87. The van der Waals surface area contributed by atoms with Gasteiger partial charge in [0.15, 0.2) is 0 Å². The van der Waals surface area contributed by atoms with Gasteiger partial charge in [0.05, 0.1) is 0 Å². The predicted molar refractivity (Wildman–Crippen MR) is 81.6 cm³/mol. The fourth-order valence-electron chi connectivity index (χ4n) is 1.80. The first-order valence-electron chi connectivity index (χ1n) is 7.24. The summed E-state index contributed by atoms with van der Waals surface area (Å²) in [4.78, 5) is 11.7. The summed E-state index contributed by atoms with van der Waals surface area (Å²) >= 11 is 0. The number of anilines is 1. The first-order valence-corrected chi connectivity index (χ1v) is 7.24. The van der Waals surface area contributed by atoms with E-state index in [0.29, 0.717) is 12.3 Å². The zero-order chi connectivity index (χ0) is 14.1. The monoisotopic (exact) mass is 262 g/mol. The van der Waals surface area contributed by atoms with Gasteiger partial charge in [0.25, 0.3) is 0 Å². The standard InChI is InChI=1S/C16H26N2O/c1-4-5-11-17-12-10-16(19)18-15-8-6-14(7-9-15)13(2)3/h6-9,13,17H,4-5,10-12H2,1-3H3,(H,18,19). The lowest BCUT2D eigenvalue weighted by Crippen LogP contribution is -2.22. The number of amides is 1. The Morgan fingerprint density at radius 3 is 2.42 bits per heavy atom. The van der Waals surface area contributed by atoms with Crippen LogP contribution in [0.3, 0.4) is 0 Å². The van der Waals surface area contributed by atoms with Gasteiger partial charge in [0.2, 0.25) is 5.91 Å². The molecule has 106 valence electrons. The second-order valence-corrected chi connectivity index (χ2v) is 5.18. The number of carbonyl (C=O) groups is 1. The third-order valence-corrected chi connectivity index (χ3v) is 3.10. The van der Waals surface area contributed by atoms with Gasteiger partial charge >= 0.3 is 0 Å². The Bertz CT molecular complexity index is 371. The quantitative estimate of drug-likeness (QED) is 0.704. The maximum Gasteiger partial charge on any atom is 0.225 e. The molecule has 1 aromatic carbocycles. The molecule has 0 unspecified atom stereocenters. The van der Waals surface area contributed by atoms with Crippen LogP contribution in [0.2, 0.25) is 0 Å². The minimum Gasteiger partial charge on any atom is -0.326 e. The Hall–Kier alpha value is -1.35. The molecule has 3 nitrogen and oxygen atoms in total. The molecule has 0 aliphatic carbocycles. The van der Waals surface area contributed by atoms with E-state index in [1.54, 1.807) is 0 Å². The number of nitrogens with one attached hydrogen (secondary N) is 2. The van der Waals surface area contributed by atoms with E-state index in [-0.39, 0.29) is 5.91 Å².